The Morgan fingerprint density at radius 1 is 0.935 bits per heavy atom. The summed E-state index contributed by atoms with van der Waals surface area (Å²) in [6.07, 6.45) is 1.71. The van der Waals surface area contributed by atoms with E-state index >= 15 is 0 Å². The standard InChI is InChI=1S/C25H20O6/c1-15-7-4-5-8-16(15)13-22-24(26)18-12-11-17(14-21(18)31-22)30-25(27)23-19(28-2)9-6-10-20(23)29-3/h4-14H,1-3H3. The first kappa shape index (κ1) is 20.2. The van der Waals surface area contributed by atoms with Crippen molar-refractivity contribution in [1.82, 2.24) is 0 Å². The molecule has 0 saturated carbocycles. The van der Waals surface area contributed by atoms with Gasteiger partial charge in [-0.05, 0) is 48.4 Å². The van der Waals surface area contributed by atoms with Gasteiger partial charge >= 0.3 is 5.97 Å². The number of rotatable bonds is 5. The number of aryl methyl sites for hydroxylation is 1. The molecule has 0 bridgehead atoms. The predicted molar refractivity (Wildman–Crippen MR) is 115 cm³/mol. The Morgan fingerprint density at radius 3 is 2.32 bits per heavy atom. The van der Waals surface area contributed by atoms with E-state index < -0.39 is 5.97 Å². The molecule has 1 aliphatic rings. The van der Waals surface area contributed by atoms with Crippen molar-refractivity contribution < 1.29 is 28.5 Å². The highest BCUT2D eigenvalue weighted by molar-refractivity contribution is 6.14. The number of methoxy groups -OCH3 is 2. The van der Waals surface area contributed by atoms with Crippen molar-refractivity contribution in [3.63, 3.8) is 0 Å². The van der Waals surface area contributed by atoms with Crippen LogP contribution in [0.1, 0.15) is 31.8 Å². The number of benzene rings is 3. The normalized spacial score (nSPS) is 13.5. The quantitative estimate of drug-likeness (QED) is 0.336. The first-order valence-corrected chi connectivity index (χ1v) is 9.59. The van der Waals surface area contributed by atoms with Crippen LogP contribution in [0, 0.1) is 6.92 Å². The molecule has 0 spiro atoms. The van der Waals surface area contributed by atoms with Gasteiger partial charge in [-0.25, -0.2) is 4.79 Å². The Kier molecular flexibility index (Phi) is 5.45. The Morgan fingerprint density at radius 2 is 1.65 bits per heavy atom. The van der Waals surface area contributed by atoms with Gasteiger partial charge in [-0.3, -0.25) is 4.79 Å². The van der Waals surface area contributed by atoms with E-state index in [1.165, 1.54) is 20.3 Å². The Bertz CT molecular complexity index is 1190. The largest absolute Gasteiger partial charge is 0.496 e. The monoisotopic (exact) mass is 416 g/mol. The van der Waals surface area contributed by atoms with E-state index in [2.05, 4.69) is 0 Å². The third-order valence-electron chi connectivity index (χ3n) is 4.96. The van der Waals surface area contributed by atoms with E-state index in [-0.39, 0.29) is 22.9 Å². The summed E-state index contributed by atoms with van der Waals surface area (Å²) in [5, 5.41) is 0. The summed E-state index contributed by atoms with van der Waals surface area (Å²) in [7, 11) is 2.92. The van der Waals surface area contributed by atoms with Crippen molar-refractivity contribution in [3.8, 4) is 23.0 Å². The van der Waals surface area contributed by atoms with Crippen LogP contribution in [0.5, 0.6) is 23.0 Å². The van der Waals surface area contributed by atoms with E-state index in [1.807, 2.05) is 31.2 Å². The van der Waals surface area contributed by atoms with Crippen molar-refractivity contribution in [1.29, 1.82) is 0 Å². The minimum atomic E-state index is -0.644. The fourth-order valence-corrected chi connectivity index (χ4v) is 3.33. The second kappa shape index (κ2) is 8.36. The molecule has 3 aromatic rings. The zero-order valence-electron chi connectivity index (χ0n) is 17.3. The maximum absolute atomic E-state index is 12.8. The number of allylic oxidation sites excluding steroid dienone is 1. The van der Waals surface area contributed by atoms with Crippen LogP contribution >= 0.6 is 0 Å². The average Bonchev–Trinajstić information content (AvgIpc) is 3.09. The lowest BCUT2D eigenvalue weighted by molar-refractivity contribution is 0.0727. The first-order chi connectivity index (χ1) is 15.0. The van der Waals surface area contributed by atoms with E-state index in [0.717, 1.165) is 11.1 Å². The second-order valence-corrected chi connectivity index (χ2v) is 6.88. The van der Waals surface area contributed by atoms with E-state index in [1.54, 1.807) is 36.4 Å². The van der Waals surface area contributed by atoms with Crippen LogP contribution in [-0.2, 0) is 0 Å². The number of esters is 1. The summed E-state index contributed by atoms with van der Waals surface area (Å²) in [4.78, 5) is 25.5. The smallest absolute Gasteiger partial charge is 0.351 e. The van der Waals surface area contributed by atoms with Gasteiger partial charge in [0.15, 0.2) is 5.76 Å². The number of Topliss-reactive ketones (excluding diaryl/α,β-unsaturated/α-hetero) is 1. The van der Waals surface area contributed by atoms with Crippen molar-refractivity contribution in [2.75, 3.05) is 14.2 Å². The molecule has 0 fully saturated rings. The summed E-state index contributed by atoms with van der Waals surface area (Å²) in [5.74, 6) is 0.598. The number of fused-ring (bicyclic) bond motifs is 1. The van der Waals surface area contributed by atoms with Crippen LogP contribution in [-0.4, -0.2) is 26.0 Å². The summed E-state index contributed by atoms with van der Waals surface area (Å²) in [6.45, 7) is 1.96. The van der Waals surface area contributed by atoms with Crippen molar-refractivity contribution in [3.05, 3.63) is 88.7 Å². The zero-order valence-corrected chi connectivity index (χ0v) is 17.3. The summed E-state index contributed by atoms with van der Waals surface area (Å²) >= 11 is 0. The highest BCUT2D eigenvalue weighted by Crippen LogP contribution is 2.36. The molecular weight excluding hydrogens is 396 g/mol. The lowest BCUT2D eigenvalue weighted by Gasteiger charge is -2.12. The molecular formula is C25H20O6. The van der Waals surface area contributed by atoms with E-state index in [9.17, 15) is 9.59 Å². The molecule has 0 unspecified atom stereocenters. The van der Waals surface area contributed by atoms with Crippen LogP contribution in [0.2, 0.25) is 0 Å². The lowest BCUT2D eigenvalue weighted by atomic mass is 10.1. The van der Waals surface area contributed by atoms with Crippen LogP contribution in [0.3, 0.4) is 0 Å². The molecule has 0 aliphatic carbocycles. The molecule has 3 aromatic carbocycles. The van der Waals surface area contributed by atoms with Gasteiger partial charge in [-0.1, -0.05) is 30.3 Å². The highest BCUT2D eigenvalue weighted by atomic mass is 16.5. The SMILES string of the molecule is COc1cccc(OC)c1C(=O)Oc1ccc2c(c1)OC(=Cc1ccccc1C)C2=O. The molecule has 31 heavy (non-hydrogen) atoms. The van der Waals surface area contributed by atoms with Crippen molar-refractivity contribution in [2.45, 2.75) is 6.92 Å². The number of carbonyl (C=O) groups excluding carboxylic acids is 2. The Hall–Kier alpha value is -4.06. The number of carbonyl (C=O) groups is 2. The maximum Gasteiger partial charge on any atom is 0.351 e. The summed E-state index contributed by atoms with van der Waals surface area (Å²) in [5.41, 5.74) is 2.51. The molecule has 156 valence electrons. The zero-order chi connectivity index (χ0) is 22.0. The molecule has 1 aliphatic heterocycles. The summed E-state index contributed by atoms with van der Waals surface area (Å²) < 4.78 is 21.8. The van der Waals surface area contributed by atoms with Crippen molar-refractivity contribution >= 4 is 17.8 Å². The molecule has 0 amide bonds. The minimum absolute atomic E-state index is 0.171. The predicted octanol–water partition coefficient (Wildman–Crippen LogP) is 4.85. The van der Waals surface area contributed by atoms with Crippen LogP contribution in [0.4, 0.5) is 0 Å². The van der Waals surface area contributed by atoms with Gasteiger partial charge in [0.2, 0.25) is 5.78 Å². The van der Waals surface area contributed by atoms with Gasteiger partial charge < -0.3 is 18.9 Å². The fraction of sp³-hybridized carbons (Fsp3) is 0.120. The lowest BCUT2D eigenvalue weighted by Crippen LogP contribution is -2.12. The highest BCUT2D eigenvalue weighted by Gasteiger charge is 2.29. The molecule has 1 heterocycles. The molecule has 0 aromatic heterocycles. The molecule has 6 nitrogen and oxygen atoms in total. The van der Waals surface area contributed by atoms with Crippen molar-refractivity contribution in [2.24, 2.45) is 0 Å². The minimum Gasteiger partial charge on any atom is -0.496 e. The number of ketones is 1. The second-order valence-electron chi connectivity index (χ2n) is 6.88. The van der Waals surface area contributed by atoms with Gasteiger partial charge in [0, 0.05) is 6.07 Å². The molecule has 0 N–H and O–H groups in total. The number of hydrogen-bond acceptors (Lipinski definition) is 6. The van der Waals surface area contributed by atoms with E-state index in [4.69, 9.17) is 18.9 Å². The molecule has 0 atom stereocenters. The Balaban J connectivity index is 1.60. The third-order valence-corrected chi connectivity index (χ3v) is 4.96. The summed E-state index contributed by atoms with van der Waals surface area (Å²) in [6, 6.07) is 17.4. The fourth-order valence-electron chi connectivity index (χ4n) is 3.33. The average molecular weight is 416 g/mol. The van der Waals surface area contributed by atoms with E-state index in [0.29, 0.717) is 22.8 Å². The van der Waals surface area contributed by atoms with Gasteiger partial charge in [0.25, 0.3) is 0 Å². The van der Waals surface area contributed by atoms with Crippen LogP contribution in [0.25, 0.3) is 6.08 Å². The third kappa shape index (κ3) is 3.88. The number of hydrogen-bond donors (Lipinski definition) is 0. The molecule has 0 saturated heterocycles. The van der Waals surface area contributed by atoms with Gasteiger partial charge in [-0.15, -0.1) is 0 Å². The molecule has 0 radical (unpaired) electrons. The maximum atomic E-state index is 12.8. The van der Waals surface area contributed by atoms with Gasteiger partial charge in [-0.2, -0.15) is 0 Å². The molecule has 6 heteroatoms. The van der Waals surface area contributed by atoms with Gasteiger partial charge in [0.05, 0.1) is 19.8 Å². The van der Waals surface area contributed by atoms with Gasteiger partial charge in [0.1, 0.15) is 28.6 Å². The topological polar surface area (TPSA) is 71.1 Å². The first-order valence-electron chi connectivity index (χ1n) is 9.59. The number of ether oxygens (including phenoxy) is 4. The van der Waals surface area contributed by atoms with Crippen LogP contribution < -0.4 is 18.9 Å². The van der Waals surface area contributed by atoms with Crippen LogP contribution in [0.15, 0.2) is 66.4 Å². The Labute approximate surface area is 179 Å². The molecule has 4 rings (SSSR count).